The molecule has 1 saturated carbocycles. The number of hydrogen-bond donors (Lipinski definition) is 1. The number of ether oxygens (including phenoxy) is 1. The number of aliphatic hydroxyl groups is 1. The molecule has 4 heteroatoms. The van der Waals surface area contributed by atoms with Gasteiger partial charge in [0.1, 0.15) is 5.60 Å². The van der Waals surface area contributed by atoms with Crippen molar-refractivity contribution >= 4 is 6.09 Å². The van der Waals surface area contributed by atoms with Gasteiger partial charge < -0.3 is 14.7 Å². The number of carbonyl (C=O) groups excluding carboxylic acids is 1. The topological polar surface area (TPSA) is 49.8 Å². The maximum atomic E-state index is 12.0. The van der Waals surface area contributed by atoms with Crippen molar-refractivity contribution in [1.82, 2.24) is 4.90 Å². The fourth-order valence-corrected chi connectivity index (χ4v) is 2.83. The van der Waals surface area contributed by atoms with Gasteiger partial charge in [0.05, 0.1) is 5.60 Å². The van der Waals surface area contributed by atoms with E-state index < -0.39 is 5.60 Å². The van der Waals surface area contributed by atoms with Crippen molar-refractivity contribution in [3.05, 3.63) is 0 Å². The standard InChI is InChI=1S/C15H27NO3/c1-11-10-16(13(17)19-14(2,3)4)8-5-12(11)9-15(18)6-7-15/h11-12,18H,5-10H2,1-4H3. The molecule has 2 rings (SSSR count). The molecule has 2 atom stereocenters. The summed E-state index contributed by atoms with van der Waals surface area (Å²) in [6, 6.07) is 0. The Morgan fingerprint density at radius 1 is 1.42 bits per heavy atom. The molecule has 19 heavy (non-hydrogen) atoms. The molecule has 110 valence electrons. The number of likely N-dealkylation sites (tertiary alicyclic amines) is 1. The van der Waals surface area contributed by atoms with E-state index in [9.17, 15) is 9.90 Å². The number of hydrogen-bond acceptors (Lipinski definition) is 3. The first kappa shape index (κ1) is 14.6. The molecule has 1 amide bonds. The zero-order valence-corrected chi connectivity index (χ0v) is 12.6. The second-order valence-corrected chi connectivity index (χ2v) is 7.38. The van der Waals surface area contributed by atoms with E-state index in [2.05, 4.69) is 6.92 Å². The zero-order chi connectivity index (χ0) is 14.3. The summed E-state index contributed by atoms with van der Waals surface area (Å²) in [4.78, 5) is 13.8. The van der Waals surface area contributed by atoms with E-state index in [4.69, 9.17) is 4.74 Å². The third kappa shape index (κ3) is 4.10. The van der Waals surface area contributed by atoms with Crippen LogP contribution in [-0.2, 0) is 4.74 Å². The Bertz CT molecular complexity index is 344. The quantitative estimate of drug-likeness (QED) is 0.838. The Kier molecular flexibility index (Phi) is 3.83. The fraction of sp³-hybridized carbons (Fsp3) is 0.933. The lowest BCUT2D eigenvalue weighted by atomic mass is 9.82. The largest absolute Gasteiger partial charge is 0.444 e. The summed E-state index contributed by atoms with van der Waals surface area (Å²) < 4.78 is 5.41. The van der Waals surface area contributed by atoms with E-state index >= 15 is 0 Å². The molecular formula is C15H27NO3. The van der Waals surface area contributed by atoms with Gasteiger partial charge in [-0.2, -0.15) is 0 Å². The van der Waals surface area contributed by atoms with E-state index in [0.29, 0.717) is 11.8 Å². The molecule has 0 spiro atoms. The molecule has 1 heterocycles. The van der Waals surface area contributed by atoms with E-state index in [1.54, 1.807) is 0 Å². The van der Waals surface area contributed by atoms with Crippen LogP contribution in [0.4, 0.5) is 4.79 Å². The van der Waals surface area contributed by atoms with Crippen LogP contribution in [0.25, 0.3) is 0 Å². The normalized spacial score (nSPS) is 30.1. The molecule has 0 bridgehead atoms. The number of rotatable bonds is 2. The van der Waals surface area contributed by atoms with Gasteiger partial charge in [-0.15, -0.1) is 0 Å². The minimum absolute atomic E-state index is 0.206. The third-order valence-electron chi connectivity index (χ3n) is 4.20. The lowest BCUT2D eigenvalue weighted by Crippen LogP contribution is -2.45. The Hall–Kier alpha value is -0.770. The van der Waals surface area contributed by atoms with Gasteiger partial charge in [0.2, 0.25) is 0 Å². The van der Waals surface area contributed by atoms with Crippen molar-refractivity contribution in [3.63, 3.8) is 0 Å². The van der Waals surface area contributed by atoms with Crippen molar-refractivity contribution in [2.45, 2.75) is 64.6 Å². The maximum absolute atomic E-state index is 12.0. The summed E-state index contributed by atoms with van der Waals surface area (Å²) in [5, 5.41) is 10.0. The predicted octanol–water partition coefficient (Wildman–Crippen LogP) is 2.79. The van der Waals surface area contributed by atoms with Gasteiger partial charge in [0.25, 0.3) is 0 Å². The van der Waals surface area contributed by atoms with Crippen LogP contribution in [0.1, 0.15) is 53.4 Å². The van der Waals surface area contributed by atoms with Crippen molar-refractivity contribution in [2.75, 3.05) is 13.1 Å². The molecule has 0 aromatic heterocycles. The molecule has 0 aromatic carbocycles. The number of piperidine rings is 1. The van der Waals surface area contributed by atoms with Gasteiger partial charge in [0, 0.05) is 13.1 Å². The first-order chi connectivity index (χ1) is 8.69. The number of nitrogens with zero attached hydrogens (tertiary/aromatic N) is 1. The minimum atomic E-state index is -0.430. The molecule has 1 aliphatic heterocycles. The highest BCUT2D eigenvalue weighted by Gasteiger charge is 2.44. The molecular weight excluding hydrogens is 242 g/mol. The fourth-order valence-electron chi connectivity index (χ4n) is 2.83. The van der Waals surface area contributed by atoms with Crippen LogP contribution in [0.5, 0.6) is 0 Å². The lowest BCUT2D eigenvalue weighted by Gasteiger charge is -2.38. The van der Waals surface area contributed by atoms with Crippen molar-refractivity contribution in [2.24, 2.45) is 11.8 Å². The van der Waals surface area contributed by atoms with Gasteiger partial charge >= 0.3 is 6.09 Å². The van der Waals surface area contributed by atoms with Crippen molar-refractivity contribution in [1.29, 1.82) is 0 Å². The van der Waals surface area contributed by atoms with Crippen LogP contribution >= 0.6 is 0 Å². The highest BCUT2D eigenvalue weighted by Crippen LogP contribution is 2.44. The second-order valence-electron chi connectivity index (χ2n) is 7.38. The predicted molar refractivity (Wildman–Crippen MR) is 73.9 cm³/mol. The number of amides is 1. The van der Waals surface area contributed by atoms with E-state index in [1.165, 1.54) is 0 Å². The molecule has 2 aliphatic rings. The molecule has 1 N–H and O–H groups in total. The maximum Gasteiger partial charge on any atom is 0.410 e. The lowest BCUT2D eigenvalue weighted by molar-refractivity contribution is 0.00596. The van der Waals surface area contributed by atoms with Gasteiger partial charge in [0.15, 0.2) is 0 Å². The molecule has 1 aliphatic carbocycles. The summed E-state index contributed by atoms with van der Waals surface area (Å²) >= 11 is 0. The molecule has 2 unspecified atom stereocenters. The molecule has 0 radical (unpaired) electrons. The van der Waals surface area contributed by atoms with Crippen LogP contribution in [-0.4, -0.2) is 40.4 Å². The van der Waals surface area contributed by atoms with Crippen molar-refractivity contribution in [3.8, 4) is 0 Å². The average Bonchev–Trinajstić information content (AvgIpc) is 2.97. The summed E-state index contributed by atoms with van der Waals surface area (Å²) in [5.41, 5.74) is -0.812. The van der Waals surface area contributed by atoms with Crippen LogP contribution < -0.4 is 0 Å². The van der Waals surface area contributed by atoms with E-state index in [-0.39, 0.29) is 11.7 Å². The molecule has 2 fully saturated rings. The third-order valence-corrected chi connectivity index (χ3v) is 4.20. The van der Waals surface area contributed by atoms with E-state index in [0.717, 1.165) is 38.8 Å². The summed E-state index contributed by atoms with van der Waals surface area (Å²) in [6.45, 7) is 9.35. The second kappa shape index (κ2) is 4.97. The monoisotopic (exact) mass is 269 g/mol. The first-order valence-electron chi connectivity index (χ1n) is 7.39. The van der Waals surface area contributed by atoms with Crippen LogP contribution in [0, 0.1) is 11.8 Å². The first-order valence-corrected chi connectivity index (χ1v) is 7.39. The van der Waals surface area contributed by atoms with Crippen LogP contribution in [0.2, 0.25) is 0 Å². The molecule has 4 nitrogen and oxygen atoms in total. The molecule has 1 saturated heterocycles. The Balaban J connectivity index is 1.83. The Labute approximate surface area is 116 Å². The Morgan fingerprint density at radius 2 is 2.05 bits per heavy atom. The minimum Gasteiger partial charge on any atom is -0.444 e. The smallest absolute Gasteiger partial charge is 0.410 e. The van der Waals surface area contributed by atoms with Crippen LogP contribution in [0.15, 0.2) is 0 Å². The number of carbonyl (C=O) groups is 1. The molecule has 0 aromatic rings. The van der Waals surface area contributed by atoms with Gasteiger partial charge in [-0.3, -0.25) is 0 Å². The highest BCUT2D eigenvalue weighted by molar-refractivity contribution is 5.68. The zero-order valence-electron chi connectivity index (χ0n) is 12.6. The van der Waals surface area contributed by atoms with Gasteiger partial charge in [-0.1, -0.05) is 6.92 Å². The highest BCUT2D eigenvalue weighted by atomic mass is 16.6. The summed E-state index contributed by atoms with van der Waals surface area (Å²) in [5.74, 6) is 0.970. The SMILES string of the molecule is CC1CN(C(=O)OC(C)(C)C)CCC1CC1(O)CC1. The van der Waals surface area contributed by atoms with Gasteiger partial charge in [-0.05, 0) is 58.3 Å². The average molecular weight is 269 g/mol. The van der Waals surface area contributed by atoms with E-state index in [1.807, 2.05) is 25.7 Å². The van der Waals surface area contributed by atoms with Crippen LogP contribution in [0.3, 0.4) is 0 Å². The van der Waals surface area contributed by atoms with Gasteiger partial charge in [-0.25, -0.2) is 4.79 Å². The Morgan fingerprint density at radius 3 is 2.53 bits per heavy atom. The van der Waals surface area contributed by atoms with Crippen molar-refractivity contribution < 1.29 is 14.6 Å². The summed E-state index contributed by atoms with van der Waals surface area (Å²) in [6.07, 6.45) is 3.57. The summed E-state index contributed by atoms with van der Waals surface area (Å²) in [7, 11) is 0.